The first-order chi connectivity index (χ1) is 8.76. The van der Waals surface area contributed by atoms with Gasteiger partial charge in [-0.15, -0.1) is 0 Å². The number of hydrogen-bond acceptors (Lipinski definition) is 3. The Labute approximate surface area is 112 Å². The summed E-state index contributed by atoms with van der Waals surface area (Å²) in [6.07, 6.45) is 0.547. The molecule has 1 rings (SSSR count). The predicted molar refractivity (Wildman–Crippen MR) is 70.2 cm³/mol. The molecule has 0 aromatic heterocycles. The number of hydrogen-bond donors (Lipinski definition) is 0. The van der Waals surface area contributed by atoms with Crippen molar-refractivity contribution in [3.63, 3.8) is 0 Å². The molecule has 104 valence electrons. The molecular formula is C15H19FO3. The Morgan fingerprint density at radius 3 is 2.26 bits per heavy atom. The molecule has 0 fully saturated rings. The first-order valence-electron chi connectivity index (χ1n) is 6.24. The largest absolute Gasteiger partial charge is 0.460 e. The van der Waals surface area contributed by atoms with Crippen LogP contribution < -0.4 is 0 Å². The average molecular weight is 266 g/mol. The fourth-order valence-electron chi connectivity index (χ4n) is 1.56. The van der Waals surface area contributed by atoms with E-state index in [1.165, 1.54) is 12.1 Å². The van der Waals surface area contributed by atoms with Crippen molar-refractivity contribution in [1.29, 1.82) is 0 Å². The van der Waals surface area contributed by atoms with E-state index in [0.717, 1.165) is 5.56 Å². The van der Waals surface area contributed by atoms with Crippen molar-refractivity contribution in [2.45, 2.75) is 45.6 Å². The van der Waals surface area contributed by atoms with Crippen LogP contribution in [0.4, 0.5) is 4.39 Å². The summed E-state index contributed by atoms with van der Waals surface area (Å²) in [5, 5.41) is 0. The van der Waals surface area contributed by atoms with Gasteiger partial charge in [0.2, 0.25) is 0 Å². The fraction of sp³-hybridized carbons (Fsp3) is 0.467. The lowest BCUT2D eigenvalue weighted by Crippen LogP contribution is -2.25. The quantitative estimate of drug-likeness (QED) is 0.607. The van der Waals surface area contributed by atoms with Gasteiger partial charge in [-0.25, -0.2) is 4.39 Å². The molecule has 0 aliphatic carbocycles. The van der Waals surface area contributed by atoms with E-state index in [-0.39, 0.29) is 24.4 Å². The summed E-state index contributed by atoms with van der Waals surface area (Å²) in [6, 6.07) is 5.98. The summed E-state index contributed by atoms with van der Waals surface area (Å²) in [4.78, 5) is 23.0. The van der Waals surface area contributed by atoms with Crippen LogP contribution in [-0.2, 0) is 20.7 Å². The van der Waals surface area contributed by atoms with Crippen molar-refractivity contribution >= 4 is 11.8 Å². The van der Waals surface area contributed by atoms with Gasteiger partial charge in [-0.1, -0.05) is 12.1 Å². The van der Waals surface area contributed by atoms with Crippen molar-refractivity contribution in [2.24, 2.45) is 0 Å². The van der Waals surface area contributed by atoms with Crippen LogP contribution in [0.1, 0.15) is 39.2 Å². The lowest BCUT2D eigenvalue weighted by atomic mass is 10.1. The highest BCUT2D eigenvalue weighted by Gasteiger charge is 2.18. The van der Waals surface area contributed by atoms with Crippen LogP contribution in [0.2, 0.25) is 0 Å². The number of ether oxygens (including phenoxy) is 1. The molecule has 0 radical (unpaired) electrons. The maximum atomic E-state index is 12.7. The standard InChI is InChI=1S/C15H19FO3/c1-15(2,3)19-14(18)10-13(17)9-6-11-4-7-12(16)8-5-11/h4-5,7-8H,6,9-10H2,1-3H3. The minimum Gasteiger partial charge on any atom is -0.460 e. The smallest absolute Gasteiger partial charge is 0.313 e. The second kappa shape index (κ2) is 6.45. The van der Waals surface area contributed by atoms with E-state index < -0.39 is 11.6 Å². The van der Waals surface area contributed by atoms with Gasteiger partial charge in [-0.05, 0) is 44.9 Å². The van der Waals surface area contributed by atoms with E-state index in [1.54, 1.807) is 32.9 Å². The highest BCUT2D eigenvalue weighted by Crippen LogP contribution is 2.10. The zero-order chi connectivity index (χ0) is 14.5. The number of carbonyl (C=O) groups is 2. The van der Waals surface area contributed by atoms with Gasteiger partial charge in [-0.2, -0.15) is 0 Å². The number of aryl methyl sites for hydroxylation is 1. The van der Waals surface area contributed by atoms with Crippen LogP contribution in [0.3, 0.4) is 0 Å². The SMILES string of the molecule is CC(C)(C)OC(=O)CC(=O)CCc1ccc(F)cc1. The topological polar surface area (TPSA) is 43.4 Å². The van der Waals surface area contributed by atoms with Gasteiger partial charge in [0.05, 0.1) is 0 Å². The number of ketones is 1. The number of Topliss-reactive ketones (excluding diaryl/α,β-unsaturated/α-hetero) is 1. The third-order valence-electron chi connectivity index (χ3n) is 2.37. The van der Waals surface area contributed by atoms with E-state index in [0.29, 0.717) is 6.42 Å². The van der Waals surface area contributed by atoms with Crippen molar-refractivity contribution in [3.05, 3.63) is 35.6 Å². The summed E-state index contributed by atoms with van der Waals surface area (Å²) in [5.41, 5.74) is 0.299. The first-order valence-corrected chi connectivity index (χ1v) is 6.24. The third-order valence-corrected chi connectivity index (χ3v) is 2.37. The Morgan fingerprint density at radius 1 is 1.16 bits per heavy atom. The van der Waals surface area contributed by atoms with Crippen LogP contribution >= 0.6 is 0 Å². The van der Waals surface area contributed by atoms with Crippen LogP contribution in [0.15, 0.2) is 24.3 Å². The number of rotatable bonds is 5. The molecule has 19 heavy (non-hydrogen) atoms. The molecule has 0 saturated heterocycles. The molecule has 0 saturated carbocycles. The summed E-state index contributed by atoms with van der Waals surface area (Å²) in [5.74, 6) is -0.973. The number of benzene rings is 1. The van der Waals surface area contributed by atoms with Crippen LogP contribution in [-0.4, -0.2) is 17.4 Å². The molecular weight excluding hydrogens is 247 g/mol. The molecule has 0 N–H and O–H groups in total. The lowest BCUT2D eigenvalue weighted by molar-refractivity contribution is -0.156. The monoisotopic (exact) mass is 266 g/mol. The highest BCUT2D eigenvalue weighted by atomic mass is 19.1. The number of halogens is 1. The average Bonchev–Trinajstić information content (AvgIpc) is 2.25. The minimum absolute atomic E-state index is 0.168. The van der Waals surface area contributed by atoms with Gasteiger partial charge in [0.1, 0.15) is 23.6 Å². The van der Waals surface area contributed by atoms with Crippen LogP contribution in [0.25, 0.3) is 0 Å². The molecule has 4 heteroatoms. The minimum atomic E-state index is -0.575. The molecule has 0 bridgehead atoms. The Morgan fingerprint density at radius 2 is 1.74 bits per heavy atom. The molecule has 0 aliphatic rings. The van der Waals surface area contributed by atoms with Crippen molar-refractivity contribution in [1.82, 2.24) is 0 Å². The molecule has 1 aromatic carbocycles. The highest BCUT2D eigenvalue weighted by molar-refractivity contribution is 5.95. The van der Waals surface area contributed by atoms with Crippen molar-refractivity contribution in [2.75, 3.05) is 0 Å². The van der Waals surface area contributed by atoms with Crippen molar-refractivity contribution < 1.29 is 18.7 Å². The zero-order valence-corrected chi connectivity index (χ0v) is 11.5. The zero-order valence-electron chi connectivity index (χ0n) is 11.5. The Hall–Kier alpha value is -1.71. The molecule has 0 aliphatic heterocycles. The van der Waals surface area contributed by atoms with Gasteiger partial charge >= 0.3 is 5.97 Å². The molecule has 3 nitrogen and oxygen atoms in total. The predicted octanol–water partition coefficient (Wildman–Crippen LogP) is 3.06. The Balaban J connectivity index is 2.36. The molecule has 0 amide bonds. The third kappa shape index (κ3) is 6.70. The summed E-state index contributed by atoms with van der Waals surface area (Å²) < 4.78 is 17.8. The summed E-state index contributed by atoms with van der Waals surface area (Å²) in [6.45, 7) is 5.27. The maximum Gasteiger partial charge on any atom is 0.313 e. The lowest BCUT2D eigenvalue weighted by Gasteiger charge is -2.19. The number of esters is 1. The van der Waals surface area contributed by atoms with E-state index in [4.69, 9.17) is 4.74 Å². The first kappa shape index (κ1) is 15.3. The fourth-order valence-corrected chi connectivity index (χ4v) is 1.56. The van der Waals surface area contributed by atoms with Crippen LogP contribution in [0, 0.1) is 5.82 Å². The molecule has 0 heterocycles. The molecule has 0 unspecified atom stereocenters. The maximum absolute atomic E-state index is 12.7. The number of carbonyl (C=O) groups excluding carboxylic acids is 2. The molecule has 0 spiro atoms. The Kier molecular flexibility index (Phi) is 5.21. The van der Waals surface area contributed by atoms with Gasteiger partial charge < -0.3 is 4.74 Å². The summed E-state index contributed by atoms with van der Waals surface area (Å²) >= 11 is 0. The van der Waals surface area contributed by atoms with Gasteiger partial charge in [0, 0.05) is 6.42 Å². The second-order valence-electron chi connectivity index (χ2n) is 5.43. The van der Waals surface area contributed by atoms with E-state index in [2.05, 4.69) is 0 Å². The van der Waals surface area contributed by atoms with Crippen molar-refractivity contribution in [3.8, 4) is 0 Å². The van der Waals surface area contributed by atoms with E-state index in [9.17, 15) is 14.0 Å². The van der Waals surface area contributed by atoms with Gasteiger partial charge in [-0.3, -0.25) is 9.59 Å². The molecule has 1 aromatic rings. The molecule has 0 atom stereocenters. The van der Waals surface area contributed by atoms with Crippen LogP contribution in [0.5, 0.6) is 0 Å². The second-order valence-corrected chi connectivity index (χ2v) is 5.43. The van der Waals surface area contributed by atoms with E-state index >= 15 is 0 Å². The Bertz CT molecular complexity index is 443. The van der Waals surface area contributed by atoms with E-state index in [1.807, 2.05) is 0 Å². The van der Waals surface area contributed by atoms with Gasteiger partial charge in [0.25, 0.3) is 0 Å². The normalized spacial score (nSPS) is 11.2. The van der Waals surface area contributed by atoms with Gasteiger partial charge in [0.15, 0.2) is 0 Å². The summed E-state index contributed by atoms with van der Waals surface area (Å²) in [7, 11) is 0.